The SMILES string of the molecule is CN1CCCC(C(C(=O)O)c2cccc(C(F)(F)F)c2)C1. The van der Waals surface area contributed by atoms with Crippen molar-refractivity contribution in [1.82, 2.24) is 4.90 Å². The molecule has 2 unspecified atom stereocenters. The number of piperidine rings is 1. The third kappa shape index (κ3) is 3.75. The van der Waals surface area contributed by atoms with Gasteiger partial charge in [0.1, 0.15) is 0 Å². The Morgan fingerprint density at radius 2 is 2.14 bits per heavy atom. The molecule has 1 aliphatic heterocycles. The molecule has 1 aromatic carbocycles. The average Bonchev–Trinajstić information content (AvgIpc) is 2.38. The number of rotatable bonds is 3. The molecule has 0 amide bonds. The fraction of sp³-hybridized carbons (Fsp3) is 0.533. The zero-order valence-corrected chi connectivity index (χ0v) is 11.7. The van der Waals surface area contributed by atoms with Crippen molar-refractivity contribution in [3.63, 3.8) is 0 Å². The summed E-state index contributed by atoms with van der Waals surface area (Å²) in [5.41, 5.74) is -0.562. The molecule has 1 heterocycles. The van der Waals surface area contributed by atoms with Gasteiger partial charge in [0.2, 0.25) is 0 Å². The van der Waals surface area contributed by atoms with Crippen molar-refractivity contribution in [1.29, 1.82) is 0 Å². The van der Waals surface area contributed by atoms with Crippen LogP contribution in [0.2, 0.25) is 0 Å². The molecule has 3 nitrogen and oxygen atoms in total. The lowest BCUT2D eigenvalue weighted by molar-refractivity contribution is -0.141. The van der Waals surface area contributed by atoms with E-state index in [1.165, 1.54) is 12.1 Å². The van der Waals surface area contributed by atoms with Crippen molar-refractivity contribution in [2.75, 3.05) is 20.1 Å². The first-order valence-electron chi connectivity index (χ1n) is 6.87. The molecule has 6 heteroatoms. The van der Waals surface area contributed by atoms with Gasteiger partial charge in [0.25, 0.3) is 0 Å². The molecule has 0 spiro atoms. The molecule has 0 bridgehead atoms. The third-order valence-corrected chi connectivity index (χ3v) is 3.97. The van der Waals surface area contributed by atoms with E-state index >= 15 is 0 Å². The molecule has 2 rings (SSSR count). The Kier molecular flexibility index (Phi) is 4.56. The molecule has 0 saturated carbocycles. The number of halogens is 3. The molecule has 1 saturated heterocycles. The van der Waals surface area contributed by atoms with Crippen LogP contribution in [0.1, 0.15) is 29.9 Å². The van der Waals surface area contributed by atoms with Gasteiger partial charge < -0.3 is 10.0 Å². The minimum absolute atomic E-state index is 0.162. The first-order chi connectivity index (χ1) is 9.79. The van der Waals surface area contributed by atoms with E-state index in [0.717, 1.165) is 31.5 Å². The molecule has 1 N–H and O–H groups in total. The van der Waals surface area contributed by atoms with Gasteiger partial charge in [-0.05, 0) is 44.0 Å². The maximum atomic E-state index is 12.8. The number of nitrogens with zero attached hydrogens (tertiary/aromatic N) is 1. The number of likely N-dealkylation sites (tertiary alicyclic amines) is 1. The van der Waals surface area contributed by atoms with Gasteiger partial charge in [-0.3, -0.25) is 4.79 Å². The standard InChI is InChI=1S/C15H18F3NO2/c1-19-7-3-5-11(9-19)13(14(20)21)10-4-2-6-12(8-10)15(16,17)18/h2,4,6,8,11,13H,3,5,7,9H2,1H3,(H,20,21). The highest BCUT2D eigenvalue weighted by molar-refractivity contribution is 5.76. The molecule has 1 aliphatic rings. The van der Waals surface area contributed by atoms with Crippen LogP contribution >= 0.6 is 0 Å². The second-order valence-corrected chi connectivity index (χ2v) is 5.60. The first kappa shape index (κ1) is 15.8. The van der Waals surface area contributed by atoms with Crippen LogP contribution in [0, 0.1) is 5.92 Å². The predicted molar refractivity (Wildman–Crippen MR) is 72.0 cm³/mol. The summed E-state index contributed by atoms with van der Waals surface area (Å²) in [5, 5.41) is 9.46. The molecule has 21 heavy (non-hydrogen) atoms. The van der Waals surface area contributed by atoms with E-state index in [-0.39, 0.29) is 11.5 Å². The van der Waals surface area contributed by atoms with Crippen LogP contribution in [-0.2, 0) is 11.0 Å². The van der Waals surface area contributed by atoms with Crippen LogP contribution < -0.4 is 0 Å². The van der Waals surface area contributed by atoms with Crippen LogP contribution in [-0.4, -0.2) is 36.1 Å². The molecule has 2 atom stereocenters. The number of aliphatic carboxylic acids is 1. The van der Waals surface area contributed by atoms with E-state index in [1.807, 2.05) is 11.9 Å². The van der Waals surface area contributed by atoms with Gasteiger partial charge in [-0.2, -0.15) is 13.2 Å². The summed E-state index contributed by atoms with van der Waals surface area (Å²) in [6.45, 7) is 1.48. The topological polar surface area (TPSA) is 40.5 Å². The lowest BCUT2D eigenvalue weighted by atomic mass is 9.80. The number of hydrogen-bond donors (Lipinski definition) is 1. The van der Waals surface area contributed by atoms with E-state index in [2.05, 4.69) is 0 Å². The Morgan fingerprint density at radius 3 is 2.71 bits per heavy atom. The minimum Gasteiger partial charge on any atom is -0.481 e. The smallest absolute Gasteiger partial charge is 0.416 e. The van der Waals surface area contributed by atoms with Crippen molar-refractivity contribution in [2.45, 2.75) is 24.9 Å². The normalized spacial score (nSPS) is 22.0. The van der Waals surface area contributed by atoms with Crippen LogP contribution in [0.5, 0.6) is 0 Å². The summed E-state index contributed by atoms with van der Waals surface area (Å²) < 4.78 is 38.3. The lowest BCUT2D eigenvalue weighted by Crippen LogP contribution is -2.37. The summed E-state index contributed by atoms with van der Waals surface area (Å²) in [6.07, 6.45) is -2.87. The van der Waals surface area contributed by atoms with Crippen LogP contribution in [0.4, 0.5) is 13.2 Å². The number of hydrogen-bond acceptors (Lipinski definition) is 2. The number of alkyl halides is 3. The molecule has 1 fully saturated rings. The second-order valence-electron chi connectivity index (χ2n) is 5.60. The molecule has 116 valence electrons. The Labute approximate surface area is 121 Å². The van der Waals surface area contributed by atoms with Gasteiger partial charge in [-0.15, -0.1) is 0 Å². The van der Waals surface area contributed by atoms with E-state index in [9.17, 15) is 23.1 Å². The van der Waals surface area contributed by atoms with E-state index in [0.29, 0.717) is 6.54 Å². The second kappa shape index (κ2) is 6.05. The van der Waals surface area contributed by atoms with E-state index in [4.69, 9.17) is 0 Å². The highest BCUT2D eigenvalue weighted by Crippen LogP contribution is 2.35. The third-order valence-electron chi connectivity index (χ3n) is 3.97. The predicted octanol–water partition coefficient (Wildman–Crippen LogP) is 3.22. The van der Waals surface area contributed by atoms with Crippen LogP contribution in [0.3, 0.4) is 0 Å². The minimum atomic E-state index is -4.46. The fourth-order valence-electron chi connectivity index (χ4n) is 3.00. The van der Waals surface area contributed by atoms with Crippen molar-refractivity contribution >= 4 is 5.97 Å². The van der Waals surface area contributed by atoms with Crippen LogP contribution in [0.15, 0.2) is 24.3 Å². The van der Waals surface area contributed by atoms with Crippen LogP contribution in [0.25, 0.3) is 0 Å². The summed E-state index contributed by atoms with van der Waals surface area (Å²) in [7, 11) is 1.90. The molecular weight excluding hydrogens is 283 g/mol. The molecule has 1 aromatic rings. The van der Waals surface area contributed by atoms with Crippen molar-refractivity contribution < 1.29 is 23.1 Å². The molecule has 0 aromatic heterocycles. The fourth-order valence-corrected chi connectivity index (χ4v) is 3.00. The summed E-state index contributed by atoms with van der Waals surface area (Å²) in [5.74, 6) is -2.12. The zero-order chi connectivity index (χ0) is 15.6. The van der Waals surface area contributed by atoms with Crippen molar-refractivity contribution in [3.8, 4) is 0 Å². The number of carbonyl (C=O) groups is 1. The van der Waals surface area contributed by atoms with Gasteiger partial charge in [-0.25, -0.2) is 0 Å². The van der Waals surface area contributed by atoms with Gasteiger partial charge in [-0.1, -0.05) is 18.2 Å². The maximum absolute atomic E-state index is 12.8. The first-order valence-corrected chi connectivity index (χ1v) is 6.87. The number of carboxylic acids is 1. The van der Waals surface area contributed by atoms with E-state index in [1.54, 1.807) is 0 Å². The number of benzene rings is 1. The van der Waals surface area contributed by atoms with Gasteiger partial charge in [0, 0.05) is 6.54 Å². The van der Waals surface area contributed by atoms with E-state index < -0.39 is 23.6 Å². The highest BCUT2D eigenvalue weighted by Gasteiger charge is 2.35. The zero-order valence-electron chi connectivity index (χ0n) is 11.7. The molecule has 0 aliphatic carbocycles. The van der Waals surface area contributed by atoms with Crippen molar-refractivity contribution in [2.24, 2.45) is 5.92 Å². The molecule has 0 radical (unpaired) electrons. The average molecular weight is 301 g/mol. The maximum Gasteiger partial charge on any atom is 0.416 e. The highest BCUT2D eigenvalue weighted by atomic mass is 19.4. The van der Waals surface area contributed by atoms with Gasteiger partial charge in [0.15, 0.2) is 0 Å². The Balaban J connectivity index is 2.32. The van der Waals surface area contributed by atoms with Gasteiger partial charge in [0.05, 0.1) is 11.5 Å². The largest absolute Gasteiger partial charge is 0.481 e. The van der Waals surface area contributed by atoms with Gasteiger partial charge >= 0.3 is 12.1 Å². The summed E-state index contributed by atoms with van der Waals surface area (Å²) in [4.78, 5) is 13.6. The summed E-state index contributed by atoms with van der Waals surface area (Å²) in [6, 6.07) is 4.69. The lowest BCUT2D eigenvalue weighted by Gasteiger charge is -2.33. The summed E-state index contributed by atoms with van der Waals surface area (Å²) >= 11 is 0. The monoisotopic (exact) mass is 301 g/mol. The Hall–Kier alpha value is -1.56. The quantitative estimate of drug-likeness (QED) is 0.932. The Bertz CT molecular complexity index is 516. The number of carboxylic acid groups (broad SMARTS) is 1. The molecular formula is C15H18F3NO2. The van der Waals surface area contributed by atoms with Crippen molar-refractivity contribution in [3.05, 3.63) is 35.4 Å². The Morgan fingerprint density at radius 1 is 1.43 bits per heavy atom.